The van der Waals surface area contributed by atoms with E-state index in [1.54, 1.807) is 18.2 Å². The number of rotatable bonds is 9. The van der Waals surface area contributed by atoms with Crippen molar-refractivity contribution in [3.8, 4) is 6.07 Å². The van der Waals surface area contributed by atoms with Gasteiger partial charge in [-0.3, -0.25) is 4.79 Å². The lowest BCUT2D eigenvalue weighted by Gasteiger charge is -2.16. The van der Waals surface area contributed by atoms with Gasteiger partial charge in [0.2, 0.25) is 5.91 Å². The molecule has 0 spiro atoms. The minimum absolute atomic E-state index is 0.0688. The maximum atomic E-state index is 12.4. The summed E-state index contributed by atoms with van der Waals surface area (Å²) in [6.45, 7) is 3.87. The SMILES string of the molecule is Cc1cc([C@H](C#N)c2ccc(Cl)cc2)c(Cl)cc1NC(=O)CCCCC[C@@H]1NC(=O)N[C@@H]1C. The number of urea groups is 1. The molecule has 2 aromatic rings. The van der Waals surface area contributed by atoms with Crippen LogP contribution in [0.25, 0.3) is 0 Å². The molecule has 1 saturated heterocycles. The first-order valence-corrected chi connectivity index (χ1v) is 11.9. The molecular weight excluding hydrogens is 459 g/mol. The van der Waals surface area contributed by atoms with Crippen LogP contribution in [0.5, 0.6) is 0 Å². The van der Waals surface area contributed by atoms with E-state index in [1.165, 1.54) is 0 Å². The molecule has 1 fully saturated rings. The van der Waals surface area contributed by atoms with Crippen LogP contribution in [0.2, 0.25) is 10.0 Å². The van der Waals surface area contributed by atoms with Crippen LogP contribution in [-0.2, 0) is 4.79 Å². The highest BCUT2D eigenvalue weighted by molar-refractivity contribution is 6.32. The Morgan fingerprint density at radius 1 is 1.15 bits per heavy atom. The van der Waals surface area contributed by atoms with Crippen LogP contribution in [-0.4, -0.2) is 24.0 Å². The summed E-state index contributed by atoms with van der Waals surface area (Å²) in [6, 6.07) is 13.2. The molecule has 3 atom stereocenters. The number of benzene rings is 2. The number of nitrogens with one attached hydrogen (secondary N) is 3. The minimum atomic E-state index is -0.527. The second-order valence-electron chi connectivity index (χ2n) is 8.46. The number of hydrogen-bond donors (Lipinski definition) is 3. The second kappa shape index (κ2) is 11.4. The molecule has 2 aromatic carbocycles. The lowest BCUT2D eigenvalue weighted by atomic mass is 9.91. The summed E-state index contributed by atoms with van der Waals surface area (Å²) >= 11 is 12.5. The monoisotopic (exact) mass is 486 g/mol. The zero-order valence-corrected chi connectivity index (χ0v) is 20.3. The van der Waals surface area contributed by atoms with Crippen molar-refractivity contribution in [3.05, 3.63) is 63.1 Å². The highest BCUT2D eigenvalue weighted by Crippen LogP contribution is 2.34. The Bertz CT molecular complexity index is 1050. The molecule has 0 aliphatic carbocycles. The predicted octanol–water partition coefficient (Wildman–Crippen LogP) is 5.92. The third kappa shape index (κ3) is 6.63. The maximum absolute atomic E-state index is 12.4. The smallest absolute Gasteiger partial charge is 0.315 e. The zero-order valence-electron chi connectivity index (χ0n) is 18.8. The van der Waals surface area contributed by atoms with Crippen LogP contribution in [0.1, 0.15) is 61.6 Å². The lowest BCUT2D eigenvalue weighted by Crippen LogP contribution is -2.30. The Hall–Kier alpha value is -2.75. The number of nitrogens with zero attached hydrogens (tertiary/aromatic N) is 1. The summed E-state index contributed by atoms with van der Waals surface area (Å²) in [5.74, 6) is -0.596. The first-order valence-electron chi connectivity index (χ1n) is 11.1. The molecule has 0 radical (unpaired) electrons. The Labute approximate surface area is 204 Å². The lowest BCUT2D eigenvalue weighted by molar-refractivity contribution is -0.116. The molecule has 0 unspecified atom stereocenters. The molecule has 3 amide bonds. The fraction of sp³-hybridized carbons (Fsp3) is 0.400. The van der Waals surface area contributed by atoms with Gasteiger partial charge < -0.3 is 16.0 Å². The van der Waals surface area contributed by atoms with Gasteiger partial charge >= 0.3 is 6.03 Å². The molecule has 6 nitrogen and oxygen atoms in total. The van der Waals surface area contributed by atoms with Gasteiger partial charge in [-0.15, -0.1) is 0 Å². The van der Waals surface area contributed by atoms with Gasteiger partial charge in [0.25, 0.3) is 0 Å². The molecule has 1 aliphatic heterocycles. The first kappa shape index (κ1) is 24.9. The van der Waals surface area contributed by atoms with Gasteiger partial charge in [0.05, 0.1) is 18.0 Å². The predicted molar refractivity (Wildman–Crippen MR) is 132 cm³/mol. The molecule has 0 bridgehead atoms. The van der Waals surface area contributed by atoms with E-state index in [0.717, 1.165) is 36.8 Å². The number of nitriles is 1. The van der Waals surface area contributed by atoms with Gasteiger partial charge in [-0.05, 0) is 61.6 Å². The number of hydrogen-bond acceptors (Lipinski definition) is 3. The topological polar surface area (TPSA) is 94.0 Å². The number of halogens is 2. The van der Waals surface area contributed by atoms with E-state index in [9.17, 15) is 14.9 Å². The Morgan fingerprint density at radius 2 is 1.88 bits per heavy atom. The van der Waals surface area contributed by atoms with Crippen molar-refractivity contribution < 1.29 is 9.59 Å². The van der Waals surface area contributed by atoms with Crippen LogP contribution in [0.3, 0.4) is 0 Å². The summed E-state index contributed by atoms with van der Waals surface area (Å²) in [5.41, 5.74) is 2.99. The molecule has 1 aliphatic rings. The molecule has 8 heteroatoms. The highest BCUT2D eigenvalue weighted by Gasteiger charge is 2.26. The largest absolute Gasteiger partial charge is 0.334 e. The third-order valence-electron chi connectivity index (χ3n) is 5.96. The maximum Gasteiger partial charge on any atom is 0.315 e. The molecule has 1 heterocycles. The molecule has 33 heavy (non-hydrogen) atoms. The van der Waals surface area contributed by atoms with Crippen molar-refractivity contribution in [2.24, 2.45) is 0 Å². The van der Waals surface area contributed by atoms with E-state index in [4.69, 9.17) is 23.2 Å². The van der Waals surface area contributed by atoms with E-state index < -0.39 is 5.92 Å². The summed E-state index contributed by atoms with van der Waals surface area (Å²) in [5, 5.41) is 19.5. The average Bonchev–Trinajstić information content (AvgIpc) is 3.09. The molecular formula is C25H28Cl2N4O2. The van der Waals surface area contributed by atoms with E-state index in [2.05, 4.69) is 22.0 Å². The number of anilines is 1. The van der Waals surface area contributed by atoms with E-state index in [0.29, 0.717) is 27.7 Å². The number of carbonyl (C=O) groups excluding carboxylic acids is 2. The van der Waals surface area contributed by atoms with Gasteiger partial charge in [0, 0.05) is 28.2 Å². The van der Waals surface area contributed by atoms with Gasteiger partial charge in [-0.2, -0.15) is 5.26 Å². The van der Waals surface area contributed by atoms with E-state index >= 15 is 0 Å². The average molecular weight is 487 g/mol. The fourth-order valence-electron chi connectivity index (χ4n) is 4.04. The third-order valence-corrected chi connectivity index (χ3v) is 6.54. The quantitative estimate of drug-likeness (QED) is 0.384. The molecule has 3 rings (SSSR count). The summed E-state index contributed by atoms with van der Waals surface area (Å²) in [6.07, 6.45) is 3.94. The summed E-state index contributed by atoms with van der Waals surface area (Å²) < 4.78 is 0. The van der Waals surface area contributed by atoms with Crippen LogP contribution < -0.4 is 16.0 Å². The number of amides is 3. The van der Waals surface area contributed by atoms with Crippen molar-refractivity contribution in [2.45, 2.75) is 64.0 Å². The van der Waals surface area contributed by atoms with Gasteiger partial charge in [0.1, 0.15) is 0 Å². The Kier molecular flexibility index (Phi) is 8.60. The van der Waals surface area contributed by atoms with Crippen LogP contribution in [0.15, 0.2) is 36.4 Å². The standard InChI is InChI=1S/C25H28Cl2N4O2/c1-15-12-19(20(14-28)17-8-10-18(26)11-9-17)21(27)13-23(15)30-24(32)7-5-3-4-6-22-16(2)29-25(33)31-22/h8-13,16,20,22H,3-7H2,1-2H3,(H,30,32)(H2,29,31,33)/t16-,20-,22+/m1/s1. The highest BCUT2D eigenvalue weighted by atomic mass is 35.5. The van der Waals surface area contributed by atoms with E-state index in [-0.39, 0.29) is 24.0 Å². The molecule has 0 saturated carbocycles. The van der Waals surface area contributed by atoms with Crippen molar-refractivity contribution >= 4 is 40.8 Å². The summed E-state index contributed by atoms with van der Waals surface area (Å²) in [7, 11) is 0. The van der Waals surface area contributed by atoms with Crippen molar-refractivity contribution in [1.29, 1.82) is 5.26 Å². The Morgan fingerprint density at radius 3 is 2.52 bits per heavy atom. The van der Waals surface area contributed by atoms with Crippen molar-refractivity contribution in [1.82, 2.24) is 10.6 Å². The van der Waals surface area contributed by atoms with Gasteiger partial charge in [-0.25, -0.2) is 4.79 Å². The summed E-state index contributed by atoms with van der Waals surface area (Å²) in [4.78, 5) is 23.8. The van der Waals surface area contributed by atoms with Crippen LogP contribution >= 0.6 is 23.2 Å². The van der Waals surface area contributed by atoms with Crippen LogP contribution in [0.4, 0.5) is 10.5 Å². The minimum Gasteiger partial charge on any atom is -0.334 e. The fourth-order valence-corrected chi connectivity index (χ4v) is 4.44. The zero-order chi connectivity index (χ0) is 24.0. The Balaban J connectivity index is 1.53. The van der Waals surface area contributed by atoms with Gasteiger partial charge in [-0.1, -0.05) is 54.2 Å². The normalized spacial score (nSPS) is 18.2. The number of unbranched alkanes of at least 4 members (excludes halogenated alkanes) is 2. The number of aryl methyl sites for hydroxylation is 1. The number of carbonyl (C=O) groups is 2. The molecule has 0 aromatic heterocycles. The molecule has 174 valence electrons. The van der Waals surface area contributed by atoms with Crippen molar-refractivity contribution in [2.75, 3.05) is 5.32 Å². The van der Waals surface area contributed by atoms with E-state index in [1.807, 2.05) is 32.0 Å². The van der Waals surface area contributed by atoms with Crippen LogP contribution in [0, 0.1) is 18.3 Å². The van der Waals surface area contributed by atoms with Crippen molar-refractivity contribution in [3.63, 3.8) is 0 Å². The molecule has 3 N–H and O–H groups in total. The first-order chi connectivity index (χ1) is 15.8. The van der Waals surface area contributed by atoms with Gasteiger partial charge in [0.15, 0.2) is 0 Å². The second-order valence-corrected chi connectivity index (χ2v) is 9.31.